The Morgan fingerprint density at radius 1 is 1.36 bits per heavy atom. The topological polar surface area (TPSA) is 80.2 Å². The van der Waals surface area contributed by atoms with E-state index in [9.17, 15) is 9.90 Å². The lowest BCUT2D eigenvalue weighted by atomic mass is 10.2. The Morgan fingerprint density at radius 3 is 2.71 bits per heavy atom. The molecule has 2 N–H and O–H groups in total. The van der Waals surface area contributed by atoms with Gasteiger partial charge in [0.25, 0.3) is 5.91 Å². The van der Waals surface area contributed by atoms with Gasteiger partial charge in [-0.3, -0.25) is 4.79 Å². The van der Waals surface area contributed by atoms with Crippen LogP contribution in [-0.4, -0.2) is 30.4 Å². The van der Waals surface area contributed by atoms with Gasteiger partial charge in [-0.1, -0.05) is 34.5 Å². The van der Waals surface area contributed by atoms with Crippen LogP contribution in [0.25, 0.3) is 0 Å². The van der Waals surface area contributed by atoms with E-state index < -0.39 is 5.91 Å². The number of halogens is 3. The van der Waals surface area contributed by atoms with Crippen molar-refractivity contribution in [2.75, 3.05) is 7.11 Å². The molecule has 0 aliphatic heterocycles. The number of hydrazone groups is 1. The molecule has 9 heteroatoms. The Labute approximate surface area is 185 Å². The lowest BCUT2D eigenvalue weighted by Crippen LogP contribution is -2.18. The van der Waals surface area contributed by atoms with Crippen LogP contribution < -0.4 is 14.9 Å². The lowest BCUT2D eigenvalue weighted by Gasteiger charge is -2.17. The number of nitrogens with one attached hydrogen (secondary N) is 1. The smallest absolute Gasteiger partial charge is 0.275 e. The maximum atomic E-state index is 12.3. The van der Waals surface area contributed by atoms with E-state index in [1.165, 1.54) is 19.4 Å². The fraction of sp³-hybridized carbons (Fsp3) is 0.263. The maximum absolute atomic E-state index is 12.3. The van der Waals surface area contributed by atoms with Crippen LogP contribution >= 0.6 is 43.5 Å². The first-order valence-electron chi connectivity index (χ1n) is 8.32. The van der Waals surface area contributed by atoms with E-state index in [1.807, 2.05) is 13.8 Å². The number of aromatic hydroxyl groups is 1. The van der Waals surface area contributed by atoms with E-state index in [-0.39, 0.29) is 17.4 Å². The summed E-state index contributed by atoms with van der Waals surface area (Å²) in [6, 6.07) is 6.48. The molecule has 6 nitrogen and oxygen atoms in total. The fourth-order valence-electron chi connectivity index (χ4n) is 2.18. The molecule has 0 aliphatic carbocycles. The van der Waals surface area contributed by atoms with E-state index >= 15 is 0 Å². The molecule has 150 valence electrons. The minimum atomic E-state index is -0.564. The van der Waals surface area contributed by atoms with Crippen molar-refractivity contribution in [2.45, 2.75) is 26.4 Å². The van der Waals surface area contributed by atoms with Crippen molar-refractivity contribution in [1.82, 2.24) is 5.43 Å². The summed E-state index contributed by atoms with van der Waals surface area (Å²) in [7, 11) is 1.52. The zero-order valence-corrected chi connectivity index (χ0v) is 19.4. The van der Waals surface area contributed by atoms with E-state index in [2.05, 4.69) is 42.4 Å². The van der Waals surface area contributed by atoms with E-state index in [1.54, 1.807) is 18.2 Å². The van der Waals surface area contributed by atoms with Crippen molar-refractivity contribution < 1.29 is 19.4 Å². The maximum Gasteiger partial charge on any atom is 0.275 e. The molecule has 1 atom stereocenters. The van der Waals surface area contributed by atoms with Crippen LogP contribution in [0, 0.1) is 0 Å². The predicted octanol–water partition coefficient (Wildman–Crippen LogP) is 5.52. The number of carbonyl (C=O) groups is 1. The summed E-state index contributed by atoms with van der Waals surface area (Å²) in [5.41, 5.74) is 3.05. The van der Waals surface area contributed by atoms with Gasteiger partial charge in [-0.15, -0.1) is 0 Å². The van der Waals surface area contributed by atoms with E-state index in [0.29, 0.717) is 31.0 Å². The molecular weight excluding hydrogens is 515 g/mol. The summed E-state index contributed by atoms with van der Waals surface area (Å²) < 4.78 is 12.2. The fourth-order valence-corrected chi connectivity index (χ4v) is 3.67. The molecule has 0 spiro atoms. The second-order valence-corrected chi connectivity index (χ2v) is 8.03. The monoisotopic (exact) mass is 532 g/mol. The van der Waals surface area contributed by atoms with Gasteiger partial charge in [0.1, 0.15) is 5.75 Å². The van der Waals surface area contributed by atoms with Crippen LogP contribution in [-0.2, 0) is 0 Å². The van der Waals surface area contributed by atoms with Crippen molar-refractivity contribution in [3.05, 3.63) is 49.4 Å². The standard InChI is InChI=1S/C19H19Br2ClN2O4/c1-4-10(2)28-18-15(22)5-11(6-16(18)27-3)9-23-24-19(26)13-7-12(20)8-14(21)17(13)25/h5-10,25H,4H2,1-3H3,(H,24,26)/b23-9-/t10-/m1/s1. The zero-order valence-electron chi connectivity index (χ0n) is 15.4. The first-order chi connectivity index (χ1) is 13.3. The number of phenols is 1. The van der Waals surface area contributed by atoms with Crippen molar-refractivity contribution in [3.63, 3.8) is 0 Å². The highest BCUT2D eigenvalue weighted by molar-refractivity contribution is 9.11. The van der Waals surface area contributed by atoms with E-state index in [4.69, 9.17) is 21.1 Å². The highest BCUT2D eigenvalue weighted by atomic mass is 79.9. The molecule has 0 bridgehead atoms. The zero-order chi connectivity index (χ0) is 20.8. The number of hydrogen-bond donors (Lipinski definition) is 2. The van der Waals surface area contributed by atoms with Gasteiger partial charge in [-0.2, -0.15) is 5.10 Å². The van der Waals surface area contributed by atoms with Crippen LogP contribution in [0.15, 0.2) is 38.3 Å². The molecular formula is C19H19Br2ClN2O4. The Balaban J connectivity index is 2.18. The average molecular weight is 535 g/mol. The summed E-state index contributed by atoms with van der Waals surface area (Å²) in [6.07, 6.45) is 2.24. The summed E-state index contributed by atoms with van der Waals surface area (Å²) in [6.45, 7) is 3.95. The molecule has 0 fully saturated rings. The molecule has 2 aromatic rings. The SMILES string of the molecule is CC[C@@H](C)Oc1c(Cl)cc(/C=N\NC(=O)c2cc(Br)cc(Br)c2O)cc1OC. The molecule has 28 heavy (non-hydrogen) atoms. The highest BCUT2D eigenvalue weighted by Crippen LogP contribution is 2.37. The predicted molar refractivity (Wildman–Crippen MR) is 117 cm³/mol. The van der Waals surface area contributed by atoms with Gasteiger partial charge in [0.15, 0.2) is 11.5 Å². The normalized spacial score (nSPS) is 12.1. The number of carbonyl (C=O) groups excluding carboxylic acids is 1. The molecule has 0 aliphatic rings. The summed E-state index contributed by atoms with van der Waals surface area (Å²) in [5, 5.41) is 14.3. The number of rotatable bonds is 7. The molecule has 0 radical (unpaired) electrons. The molecule has 0 unspecified atom stereocenters. The van der Waals surface area contributed by atoms with Crippen LogP contribution in [0.2, 0.25) is 5.02 Å². The Hall–Kier alpha value is -1.77. The number of phenolic OH excluding ortho intramolecular Hbond substituents is 1. The first kappa shape index (κ1) is 22.5. The Bertz CT molecular complexity index is 906. The third-order valence-corrected chi connectivity index (χ3v) is 5.14. The van der Waals surface area contributed by atoms with E-state index in [0.717, 1.165) is 6.42 Å². The highest BCUT2D eigenvalue weighted by Gasteiger charge is 2.16. The van der Waals surface area contributed by atoms with Crippen molar-refractivity contribution in [2.24, 2.45) is 5.10 Å². The second kappa shape index (κ2) is 10.1. The number of methoxy groups -OCH3 is 1. The van der Waals surface area contributed by atoms with Crippen LogP contribution in [0.1, 0.15) is 36.2 Å². The van der Waals surface area contributed by atoms with Crippen molar-refractivity contribution >= 4 is 55.6 Å². The number of ether oxygens (including phenoxy) is 2. The summed E-state index contributed by atoms with van der Waals surface area (Å²) >= 11 is 12.8. The van der Waals surface area contributed by atoms with Gasteiger partial charge in [0.05, 0.1) is 34.5 Å². The van der Waals surface area contributed by atoms with Gasteiger partial charge in [0.2, 0.25) is 0 Å². The molecule has 2 rings (SSSR count). The quantitative estimate of drug-likeness (QED) is 0.362. The summed E-state index contributed by atoms with van der Waals surface area (Å²) in [4.78, 5) is 12.3. The van der Waals surface area contributed by atoms with Gasteiger partial charge in [0, 0.05) is 4.47 Å². The number of amides is 1. The second-order valence-electron chi connectivity index (χ2n) is 5.85. The van der Waals surface area contributed by atoms with Gasteiger partial charge in [-0.25, -0.2) is 5.43 Å². The van der Waals surface area contributed by atoms with Gasteiger partial charge in [-0.05, 0) is 59.1 Å². The lowest BCUT2D eigenvalue weighted by molar-refractivity contribution is 0.0952. The molecule has 0 heterocycles. The minimum absolute atomic E-state index is 0.0117. The Kier molecular flexibility index (Phi) is 8.15. The number of benzene rings is 2. The molecule has 0 aromatic heterocycles. The summed E-state index contributed by atoms with van der Waals surface area (Å²) in [5.74, 6) is 0.190. The molecule has 1 amide bonds. The van der Waals surface area contributed by atoms with Crippen molar-refractivity contribution in [3.8, 4) is 17.2 Å². The molecule has 0 saturated carbocycles. The van der Waals surface area contributed by atoms with Crippen LogP contribution in [0.3, 0.4) is 0 Å². The van der Waals surface area contributed by atoms with Gasteiger partial charge < -0.3 is 14.6 Å². The van der Waals surface area contributed by atoms with Crippen LogP contribution in [0.4, 0.5) is 0 Å². The number of hydrogen-bond acceptors (Lipinski definition) is 5. The van der Waals surface area contributed by atoms with Crippen molar-refractivity contribution in [1.29, 1.82) is 0 Å². The first-order valence-corrected chi connectivity index (χ1v) is 10.3. The minimum Gasteiger partial charge on any atom is -0.506 e. The van der Waals surface area contributed by atoms with Gasteiger partial charge >= 0.3 is 0 Å². The third-order valence-electron chi connectivity index (χ3n) is 3.80. The van der Waals surface area contributed by atoms with Crippen LogP contribution in [0.5, 0.6) is 17.2 Å². The largest absolute Gasteiger partial charge is 0.506 e. The molecule has 2 aromatic carbocycles. The third kappa shape index (κ3) is 5.62. The average Bonchev–Trinajstić information content (AvgIpc) is 2.66. The molecule has 0 saturated heterocycles. The Morgan fingerprint density at radius 2 is 2.07 bits per heavy atom. The number of nitrogens with zero attached hydrogens (tertiary/aromatic N) is 1.